The minimum Gasteiger partial charge on any atom is -0.355 e. The number of rotatable bonds is 5. The van der Waals surface area contributed by atoms with Crippen molar-refractivity contribution < 1.29 is 0 Å². The van der Waals surface area contributed by atoms with Gasteiger partial charge in [-0.25, -0.2) is 0 Å². The van der Waals surface area contributed by atoms with Gasteiger partial charge in [0.25, 0.3) is 0 Å². The molecule has 1 unspecified atom stereocenters. The highest BCUT2D eigenvalue weighted by atomic mass is 127. The van der Waals surface area contributed by atoms with Crippen molar-refractivity contribution >= 4 is 53.1 Å². The van der Waals surface area contributed by atoms with Gasteiger partial charge in [0, 0.05) is 35.7 Å². The summed E-state index contributed by atoms with van der Waals surface area (Å²) < 4.78 is 0. The molecule has 0 radical (unpaired) electrons. The van der Waals surface area contributed by atoms with Gasteiger partial charge in [-0.1, -0.05) is 29.3 Å². The van der Waals surface area contributed by atoms with Crippen LogP contribution < -0.4 is 16.0 Å². The van der Waals surface area contributed by atoms with E-state index in [4.69, 9.17) is 23.2 Å². The van der Waals surface area contributed by atoms with Gasteiger partial charge in [0.15, 0.2) is 5.96 Å². The number of halogens is 3. The largest absolute Gasteiger partial charge is 0.355 e. The first kappa shape index (κ1) is 22.8. The van der Waals surface area contributed by atoms with Gasteiger partial charge in [-0.15, -0.1) is 24.0 Å². The number of guanidine groups is 1. The van der Waals surface area contributed by atoms with E-state index in [1.54, 1.807) is 13.1 Å². The van der Waals surface area contributed by atoms with Crippen LogP contribution in [0.4, 0.5) is 0 Å². The van der Waals surface area contributed by atoms with Gasteiger partial charge in [0.1, 0.15) is 0 Å². The minimum atomic E-state index is 0. The fourth-order valence-electron chi connectivity index (χ4n) is 1.95. The monoisotopic (exact) mass is 472 g/mol. The molecule has 1 aromatic rings. The van der Waals surface area contributed by atoms with Gasteiger partial charge in [0.05, 0.1) is 6.04 Å². The lowest BCUT2D eigenvalue weighted by Gasteiger charge is -2.22. The van der Waals surface area contributed by atoms with Gasteiger partial charge >= 0.3 is 0 Å². The van der Waals surface area contributed by atoms with E-state index in [0.29, 0.717) is 10.0 Å². The maximum absolute atomic E-state index is 6.23. The summed E-state index contributed by atoms with van der Waals surface area (Å²) in [6.07, 6.45) is 0. The normalized spacial score (nSPS) is 13.3. The van der Waals surface area contributed by atoms with E-state index < -0.39 is 0 Å². The Labute approximate surface area is 166 Å². The Morgan fingerprint density at radius 2 is 1.87 bits per heavy atom. The summed E-state index contributed by atoms with van der Waals surface area (Å²) in [5.74, 6) is 0.745. The van der Waals surface area contributed by atoms with Gasteiger partial charge in [-0.3, -0.25) is 4.99 Å². The van der Waals surface area contributed by atoms with E-state index in [1.807, 2.05) is 19.1 Å². The molecule has 1 aromatic carbocycles. The Hall–Kier alpha value is -0.240. The van der Waals surface area contributed by atoms with Crippen molar-refractivity contribution in [2.75, 3.05) is 20.1 Å². The average molecular weight is 473 g/mol. The van der Waals surface area contributed by atoms with Gasteiger partial charge in [0.2, 0.25) is 0 Å². The molecule has 0 spiro atoms. The van der Waals surface area contributed by atoms with Crippen LogP contribution >= 0.6 is 47.2 Å². The topological polar surface area (TPSA) is 48.5 Å². The van der Waals surface area contributed by atoms with Crippen molar-refractivity contribution in [2.45, 2.75) is 39.3 Å². The summed E-state index contributed by atoms with van der Waals surface area (Å²) in [4.78, 5) is 4.23. The van der Waals surface area contributed by atoms with Crippen LogP contribution in [0.1, 0.15) is 39.3 Å². The van der Waals surface area contributed by atoms with Crippen LogP contribution in [-0.2, 0) is 0 Å². The molecule has 0 aliphatic rings. The third kappa shape index (κ3) is 8.98. The van der Waals surface area contributed by atoms with Crippen LogP contribution in [0.2, 0.25) is 10.0 Å². The maximum Gasteiger partial charge on any atom is 0.191 e. The van der Waals surface area contributed by atoms with Crippen LogP contribution in [-0.4, -0.2) is 31.6 Å². The molecular formula is C16H27Cl2IN4. The van der Waals surface area contributed by atoms with Crippen LogP contribution in [0.5, 0.6) is 0 Å². The lowest BCUT2D eigenvalue weighted by molar-refractivity contribution is 0.428. The molecule has 0 fully saturated rings. The zero-order chi connectivity index (χ0) is 16.8. The second-order valence-electron chi connectivity index (χ2n) is 6.21. The molecule has 1 rings (SSSR count). The molecule has 23 heavy (non-hydrogen) atoms. The fourth-order valence-corrected chi connectivity index (χ4v) is 2.52. The fraction of sp³-hybridized carbons (Fsp3) is 0.562. The molecule has 0 aliphatic heterocycles. The molecule has 0 saturated heterocycles. The summed E-state index contributed by atoms with van der Waals surface area (Å²) in [6, 6.07) is 5.55. The molecule has 0 heterocycles. The van der Waals surface area contributed by atoms with Crippen molar-refractivity contribution in [3.63, 3.8) is 0 Å². The second kappa shape index (κ2) is 10.6. The smallest absolute Gasteiger partial charge is 0.191 e. The molecule has 0 saturated carbocycles. The highest BCUT2D eigenvalue weighted by Gasteiger charge is 2.12. The predicted octanol–water partition coefficient (Wildman–Crippen LogP) is 4.23. The van der Waals surface area contributed by atoms with E-state index in [1.165, 1.54) is 0 Å². The minimum absolute atomic E-state index is 0. The Morgan fingerprint density at radius 1 is 1.22 bits per heavy atom. The van der Waals surface area contributed by atoms with Crippen LogP contribution in [0.25, 0.3) is 0 Å². The van der Waals surface area contributed by atoms with E-state index in [9.17, 15) is 0 Å². The van der Waals surface area contributed by atoms with E-state index >= 15 is 0 Å². The van der Waals surface area contributed by atoms with Crippen molar-refractivity contribution in [3.8, 4) is 0 Å². The summed E-state index contributed by atoms with van der Waals surface area (Å²) in [6.45, 7) is 10.1. The molecule has 0 bridgehead atoms. The van der Waals surface area contributed by atoms with Crippen molar-refractivity contribution in [1.82, 2.24) is 16.0 Å². The summed E-state index contributed by atoms with van der Waals surface area (Å²) >= 11 is 12.2. The molecule has 4 nitrogen and oxygen atoms in total. The van der Waals surface area contributed by atoms with E-state index in [-0.39, 0.29) is 35.6 Å². The number of hydrogen-bond donors (Lipinski definition) is 3. The third-order valence-corrected chi connectivity index (χ3v) is 3.64. The van der Waals surface area contributed by atoms with Gasteiger partial charge in [-0.05, 0) is 45.4 Å². The summed E-state index contributed by atoms with van der Waals surface area (Å²) in [5.41, 5.74) is 1.10. The van der Waals surface area contributed by atoms with Crippen LogP contribution in [0.15, 0.2) is 23.2 Å². The quantitative estimate of drug-likeness (QED) is 0.260. The first-order valence-electron chi connectivity index (χ1n) is 7.40. The Kier molecular flexibility index (Phi) is 10.5. The molecule has 1 atom stereocenters. The maximum atomic E-state index is 6.23. The Morgan fingerprint density at radius 3 is 2.39 bits per heavy atom. The highest BCUT2D eigenvalue weighted by Crippen LogP contribution is 2.25. The van der Waals surface area contributed by atoms with Crippen molar-refractivity contribution in [3.05, 3.63) is 33.8 Å². The SMILES string of the molecule is CN=C(NCCNC(C)(C)C)NC(C)c1ccc(Cl)cc1Cl.I. The van der Waals surface area contributed by atoms with Crippen molar-refractivity contribution in [2.24, 2.45) is 4.99 Å². The second-order valence-corrected chi connectivity index (χ2v) is 7.05. The number of aliphatic imine (C=N–C) groups is 1. The highest BCUT2D eigenvalue weighted by molar-refractivity contribution is 14.0. The summed E-state index contributed by atoms with van der Waals surface area (Å²) in [5, 5.41) is 11.3. The molecular weight excluding hydrogens is 446 g/mol. The number of nitrogens with one attached hydrogen (secondary N) is 3. The van der Waals surface area contributed by atoms with E-state index in [2.05, 4.69) is 41.7 Å². The summed E-state index contributed by atoms with van der Waals surface area (Å²) in [7, 11) is 1.75. The molecule has 7 heteroatoms. The molecule has 0 aromatic heterocycles. The molecule has 3 N–H and O–H groups in total. The number of nitrogens with zero attached hydrogens (tertiary/aromatic N) is 1. The first-order valence-corrected chi connectivity index (χ1v) is 8.15. The van der Waals surface area contributed by atoms with Crippen molar-refractivity contribution in [1.29, 1.82) is 0 Å². The van der Waals surface area contributed by atoms with E-state index in [0.717, 1.165) is 24.6 Å². The first-order chi connectivity index (χ1) is 10.2. The van der Waals surface area contributed by atoms with Crippen LogP contribution in [0, 0.1) is 0 Å². The van der Waals surface area contributed by atoms with Crippen LogP contribution in [0.3, 0.4) is 0 Å². The lowest BCUT2D eigenvalue weighted by atomic mass is 10.1. The molecule has 0 aliphatic carbocycles. The third-order valence-electron chi connectivity index (χ3n) is 3.08. The number of hydrogen-bond acceptors (Lipinski definition) is 2. The predicted molar refractivity (Wildman–Crippen MR) is 113 cm³/mol. The Bertz CT molecular complexity index is 515. The number of benzene rings is 1. The average Bonchev–Trinajstić information content (AvgIpc) is 2.40. The lowest BCUT2D eigenvalue weighted by Crippen LogP contribution is -2.45. The standard InChI is InChI=1S/C16H26Cl2N4.HI/c1-11(13-7-6-12(17)10-14(13)18)22-15(19-5)20-8-9-21-16(2,3)4;/h6-7,10-11,21H,8-9H2,1-5H3,(H2,19,20,22);1H. The zero-order valence-corrected chi connectivity index (χ0v) is 18.2. The van der Waals surface area contributed by atoms with Gasteiger partial charge in [-0.2, -0.15) is 0 Å². The van der Waals surface area contributed by atoms with Gasteiger partial charge < -0.3 is 16.0 Å². The molecule has 0 amide bonds. The Balaban J connectivity index is 0.00000484. The zero-order valence-electron chi connectivity index (χ0n) is 14.3. The molecule has 132 valence electrons.